The average molecular weight is 223 g/mol. The molecule has 0 aliphatic heterocycles. The van der Waals surface area contributed by atoms with Gasteiger partial charge in [0.15, 0.2) is 0 Å². The van der Waals surface area contributed by atoms with Gasteiger partial charge in [0.25, 0.3) is 5.69 Å². The van der Waals surface area contributed by atoms with Gasteiger partial charge in [-0.1, -0.05) is 19.1 Å². The first-order valence-corrected chi connectivity index (χ1v) is 4.96. The summed E-state index contributed by atoms with van der Waals surface area (Å²) < 4.78 is 5.06. The Kier molecular flexibility index (Phi) is 3.99. The van der Waals surface area contributed by atoms with E-state index in [2.05, 4.69) is 0 Å². The fourth-order valence-corrected chi connectivity index (χ4v) is 1.43. The predicted octanol–water partition coefficient (Wildman–Crippen LogP) is 2.61. The Morgan fingerprint density at radius 2 is 2.25 bits per heavy atom. The molecule has 0 N–H and O–H groups in total. The van der Waals surface area contributed by atoms with E-state index in [4.69, 9.17) is 4.74 Å². The Balaban J connectivity index is 2.96. The second-order valence-electron chi connectivity index (χ2n) is 3.36. The lowest BCUT2D eigenvalue weighted by molar-refractivity contribution is -0.385. The molecule has 86 valence electrons. The van der Waals surface area contributed by atoms with Gasteiger partial charge in [0, 0.05) is 19.1 Å². The van der Waals surface area contributed by atoms with Gasteiger partial charge in [0.05, 0.1) is 4.92 Å². The highest BCUT2D eigenvalue weighted by Crippen LogP contribution is 2.24. The van der Waals surface area contributed by atoms with Crippen molar-refractivity contribution in [3.63, 3.8) is 0 Å². The second-order valence-corrected chi connectivity index (χ2v) is 3.36. The van der Waals surface area contributed by atoms with Crippen LogP contribution in [0.1, 0.15) is 31.9 Å². The molecule has 0 bridgehead atoms. The maximum atomic E-state index is 10.8. The first-order valence-electron chi connectivity index (χ1n) is 4.96. The average Bonchev–Trinajstić information content (AvgIpc) is 2.25. The lowest BCUT2D eigenvalue weighted by Gasteiger charge is -2.14. The molecule has 1 aromatic rings. The van der Waals surface area contributed by atoms with Gasteiger partial charge in [0.2, 0.25) is 0 Å². The zero-order valence-corrected chi connectivity index (χ0v) is 9.17. The molecule has 0 aromatic heterocycles. The highest BCUT2D eigenvalue weighted by molar-refractivity contribution is 5.66. The van der Waals surface area contributed by atoms with E-state index in [1.807, 2.05) is 6.92 Å². The van der Waals surface area contributed by atoms with Crippen LogP contribution in [-0.4, -0.2) is 10.9 Å². The van der Waals surface area contributed by atoms with Crippen LogP contribution in [0.5, 0.6) is 0 Å². The van der Waals surface area contributed by atoms with Crippen molar-refractivity contribution in [1.82, 2.24) is 0 Å². The Hall–Kier alpha value is -1.91. The van der Waals surface area contributed by atoms with Crippen molar-refractivity contribution < 1.29 is 14.5 Å². The normalized spacial score (nSPS) is 11.9. The van der Waals surface area contributed by atoms with Crippen LogP contribution in [0.25, 0.3) is 0 Å². The molecular weight excluding hydrogens is 210 g/mol. The number of hydrogen-bond donors (Lipinski definition) is 0. The van der Waals surface area contributed by atoms with Crippen molar-refractivity contribution in [2.45, 2.75) is 26.4 Å². The molecule has 0 aliphatic rings. The molecule has 5 nitrogen and oxygen atoms in total. The first-order chi connectivity index (χ1) is 7.54. The summed E-state index contributed by atoms with van der Waals surface area (Å²) in [5.74, 6) is -0.390. The molecule has 0 amide bonds. The predicted molar refractivity (Wildman–Crippen MR) is 57.9 cm³/mol. The number of non-ortho nitro benzene ring substituents is 1. The standard InChI is InChI=1S/C11H13NO4/c1-3-11(16-8(2)13)9-5-4-6-10(7-9)12(14)15/h4-7,11H,3H2,1-2H3/t11-/m1/s1. The minimum atomic E-state index is -0.468. The highest BCUT2D eigenvalue weighted by atomic mass is 16.6. The summed E-state index contributed by atoms with van der Waals surface area (Å²) in [7, 11) is 0. The number of rotatable bonds is 4. The van der Waals surface area contributed by atoms with Gasteiger partial charge in [-0.2, -0.15) is 0 Å². The molecule has 0 spiro atoms. The van der Waals surface area contributed by atoms with E-state index in [1.54, 1.807) is 12.1 Å². The Bertz CT molecular complexity index is 403. The highest BCUT2D eigenvalue weighted by Gasteiger charge is 2.15. The van der Waals surface area contributed by atoms with Crippen molar-refractivity contribution in [3.05, 3.63) is 39.9 Å². The van der Waals surface area contributed by atoms with E-state index in [0.717, 1.165) is 0 Å². The molecule has 5 heteroatoms. The molecule has 0 fully saturated rings. The molecular formula is C11H13NO4. The maximum absolute atomic E-state index is 10.8. The minimum absolute atomic E-state index is 0.00287. The summed E-state index contributed by atoms with van der Waals surface area (Å²) in [5, 5.41) is 10.6. The first kappa shape index (κ1) is 12.2. The Morgan fingerprint density at radius 1 is 1.56 bits per heavy atom. The van der Waals surface area contributed by atoms with Crippen molar-refractivity contribution in [2.24, 2.45) is 0 Å². The summed E-state index contributed by atoms with van der Waals surface area (Å²) in [6.45, 7) is 3.17. The molecule has 16 heavy (non-hydrogen) atoms. The smallest absolute Gasteiger partial charge is 0.303 e. The van der Waals surface area contributed by atoms with E-state index in [9.17, 15) is 14.9 Å². The van der Waals surface area contributed by atoms with Crippen LogP contribution >= 0.6 is 0 Å². The SMILES string of the molecule is CC[C@@H](OC(C)=O)c1cccc([N+](=O)[O-])c1. The molecule has 1 aromatic carbocycles. The summed E-state index contributed by atoms with van der Waals surface area (Å²) in [6, 6.07) is 6.13. The molecule has 0 aliphatic carbocycles. The monoisotopic (exact) mass is 223 g/mol. The van der Waals surface area contributed by atoms with E-state index in [0.29, 0.717) is 12.0 Å². The van der Waals surface area contributed by atoms with E-state index >= 15 is 0 Å². The van der Waals surface area contributed by atoms with Gasteiger partial charge in [-0.3, -0.25) is 14.9 Å². The topological polar surface area (TPSA) is 69.4 Å². The molecule has 1 rings (SSSR count). The van der Waals surface area contributed by atoms with E-state index in [-0.39, 0.29) is 5.69 Å². The van der Waals surface area contributed by atoms with Crippen molar-refractivity contribution in [3.8, 4) is 0 Å². The number of carbonyl (C=O) groups is 1. The third-order valence-corrected chi connectivity index (χ3v) is 2.13. The van der Waals surface area contributed by atoms with Crippen molar-refractivity contribution >= 4 is 11.7 Å². The number of carbonyl (C=O) groups excluding carboxylic acids is 1. The summed E-state index contributed by atoms with van der Waals surface area (Å²) in [6.07, 6.45) is 0.165. The van der Waals surface area contributed by atoms with Gasteiger partial charge in [-0.15, -0.1) is 0 Å². The number of nitrogens with zero attached hydrogens (tertiary/aromatic N) is 1. The molecule has 0 radical (unpaired) electrons. The van der Waals surface area contributed by atoms with Gasteiger partial charge < -0.3 is 4.74 Å². The quantitative estimate of drug-likeness (QED) is 0.447. The van der Waals surface area contributed by atoms with Crippen LogP contribution < -0.4 is 0 Å². The molecule has 0 unspecified atom stereocenters. The van der Waals surface area contributed by atoms with Gasteiger partial charge >= 0.3 is 5.97 Å². The van der Waals surface area contributed by atoms with Gasteiger partial charge in [0.1, 0.15) is 6.10 Å². The Labute approximate surface area is 93.2 Å². The third-order valence-electron chi connectivity index (χ3n) is 2.13. The number of ether oxygens (including phenoxy) is 1. The molecule has 0 heterocycles. The van der Waals surface area contributed by atoms with Crippen LogP contribution in [-0.2, 0) is 9.53 Å². The van der Waals surface area contributed by atoms with Gasteiger partial charge in [-0.25, -0.2) is 0 Å². The van der Waals surface area contributed by atoms with E-state index < -0.39 is 17.0 Å². The molecule has 1 atom stereocenters. The van der Waals surface area contributed by atoms with Crippen molar-refractivity contribution in [2.75, 3.05) is 0 Å². The largest absolute Gasteiger partial charge is 0.458 e. The summed E-state index contributed by atoms with van der Waals surface area (Å²) in [4.78, 5) is 21.0. The maximum Gasteiger partial charge on any atom is 0.303 e. The fraction of sp³-hybridized carbons (Fsp3) is 0.364. The Morgan fingerprint density at radius 3 is 2.75 bits per heavy atom. The number of hydrogen-bond acceptors (Lipinski definition) is 4. The van der Waals surface area contributed by atoms with Crippen molar-refractivity contribution in [1.29, 1.82) is 0 Å². The number of nitro benzene ring substituents is 1. The lowest BCUT2D eigenvalue weighted by atomic mass is 10.1. The minimum Gasteiger partial charge on any atom is -0.458 e. The second kappa shape index (κ2) is 5.25. The van der Waals surface area contributed by atoms with Crippen LogP contribution in [0.15, 0.2) is 24.3 Å². The number of esters is 1. The fourth-order valence-electron chi connectivity index (χ4n) is 1.43. The summed E-state index contributed by atoms with van der Waals surface area (Å²) >= 11 is 0. The lowest BCUT2D eigenvalue weighted by Crippen LogP contribution is -2.07. The number of nitro groups is 1. The molecule has 0 saturated carbocycles. The van der Waals surface area contributed by atoms with Crippen LogP contribution in [0.2, 0.25) is 0 Å². The van der Waals surface area contributed by atoms with Crippen LogP contribution in [0.4, 0.5) is 5.69 Å². The third kappa shape index (κ3) is 3.05. The van der Waals surface area contributed by atoms with Crippen LogP contribution in [0, 0.1) is 10.1 Å². The number of benzene rings is 1. The zero-order valence-electron chi connectivity index (χ0n) is 9.17. The molecule has 0 saturated heterocycles. The van der Waals surface area contributed by atoms with Gasteiger partial charge in [-0.05, 0) is 12.0 Å². The zero-order chi connectivity index (χ0) is 12.1. The summed E-state index contributed by atoms with van der Waals surface area (Å²) in [5.41, 5.74) is 0.648. The van der Waals surface area contributed by atoms with Crippen LogP contribution in [0.3, 0.4) is 0 Å². The van der Waals surface area contributed by atoms with E-state index in [1.165, 1.54) is 19.1 Å².